The van der Waals surface area contributed by atoms with Crippen molar-refractivity contribution in [1.29, 1.82) is 0 Å². The zero-order chi connectivity index (χ0) is 16.3. The summed E-state index contributed by atoms with van der Waals surface area (Å²) in [5.41, 5.74) is 2.21. The van der Waals surface area contributed by atoms with Crippen molar-refractivity contribution in [1.82, 2.24) is 0 Å². The van der Waals surface area contributed by atoms with Crippen molar-refractivity contribution in [3.05, 3.63) is 24.3 Å². The number of nitrogens with zero attached hydrogens (tertiary/aromatic N) is 2. The molecule has 0 fully saturated rings. The molecular formula is C18H30N2O2. The minimum atomic E-state index is -0.488. The predicted octanol–water partition coefficient (Wildman–Crippen LogP) is 2.90. The van der Waals surface area contributed by atoms with Crippen LogP contribution in [0.2, 0.25) is 0 Å². The van der Waals surface area contributed by atoms with Crippen LogP contribution in [0.5, 0.6) is 0 Å². The number of fused-ring (bicyclic) bond motifs is 1. The maximum Gasteiger partial charge on any atom is 0.0948 e. The number of aliphatic hydroxyl groups is 1. The quantitative estimate of drug-likeness (QED) is 0.928. The number of hydrogen-bond donors (Lipinski definition) is 1. The Morgan fingerprint density at radius 3 is 2.55 bits per heavy atom. The molecule has 2 atom stereocenters. The van der Waals surface area contributed by atoms with E-state index in [1.165, 1.54) is 11.4 Å². The van der Waals surface area contributed by atoms with Crippen LogP contribution < -0.4 is 9.80 Å². The molecular weight excluding hydrogens is 276 g/mol. The second kappa shape index (κ2) is 6.88. The second-order valence-corrected chi connectivity index (χ2v) is 7.28. The first-order chi connectivity index (χ1) is 10.3. The molecule has 1 aromatic rings. The molecule has 1 aliphatic rings. The largest absolute Gasteiger partial charge is 0.389 e. The van der Waals surface area contributed by atoms with Crippen molar-refractivity contribution < 1.29 is 9.84 Å². The summed E-state index contributed by atoms with van der Waals surface area (Å²) in [4.78, 5) is 4.61. The van der Waals surface area contributed by atoms with Crippen LogP contribution in [0.25, 0.3) is 0 Å². The second-order valence-electron chi connectivity index (χ2n) is 7.28. The van der Waals surface area contributed by atoms with Crippen molar-refractivity contribution in [2.24, 2.45) is 0 Å². The number of aliphatic hydroxyl groups excluding tert-OH is 1. The Bertz CT molecular complexity index is 484. The Kier molecular flexibility index (Phi) is 5.35. The van der Waals surface area contributed by atoms with Crippen molar-refractivity contribution >= 4 is 11.4 Å². The fourth-order valence-electron chi connectivity index (χ4n) is 2.83. The third-order valence-corrected chi connectivity index (χ3v) is 4.13. The summed E-state index contributed by atoms with van der Waals surface area (Å²) in [5.74, 6) is 0. The molecule has 1 N–H and O–H groups in total. The van der Waals surface area contributed by atoms with Crippen LogP contribution in [0.3, 0.4) is 0 Å². The van der Waals surface area contributed by atoms with Crippen LogP contribution in [0.15, 0.2) is 24.3 Å². The van der Waals surface area contributed by atoms with Gasteiger partial charge in [0.15, 0.2) is 0 Å². The standard InChI is InChI=1S/C18H30N2O2/c1-14-10-11-19(5)16-8-6-7-9-17(16)20(14)12-15(21)13-22-18(2,3)4/h6-9,14-15,21H,10-13H2,1-5H3/t14-,15-/m1/s1. The number of hydrogen-bond acceptors (Lipinski definition) is 4. The Morgan fingerprint density at radius 2 is 1.91 bits per heavy atom. The van der Waals surface area contributed by atoms with Gasteiger partial charge >= 0.3 is 0 Å². The normalized spacial score (nSPS) is 20.5. The van der Waals surface area contributed by atoms with E-state index in [1.54, 1.807) is 0 Å². The van der Waals surface area contributed by atoms with E-state index in [0.717, 1.165) is 13.0 Å². The molecule has 4 heteroatoms. The van der Waals surface area contributed by atoms with Crippen LogP contribution in [-0.2, 0) is 4.74 Å². The van der Waals surface area contributed by atoms with Gasteiger partial charge in [0, 0.05) is 26.2 Å². The third kappa shape index (κ3) is 4.37. The zero-order valence-electron chi connectivity index (χ0n) is 14.5. The molecule has 4 nitrogen and oxygen atoms in total. The fourth-order valence-corrected chi connectivity index (χ4v) is 2.83. The van der Waals surface area contributed by atoms with Crippen molar-refractivity contribution in [2.45, 2.75) is 51.9 Å². The lowest BCUT2D eigenvalue weighted by atomic mass is 10.1. The van der Waals surface area contributed by atoms with Crippen molar-refractivity contribution in [3.8, 4) is 0 Å². The Labute approximate surface area is 134 Å². The summed E-state index contributed by atoms with van der Waals surface area (Å²) in [6.45, 7) is 10.3. The molecule has 22 heavy (non-hydrogen) atoms. The van der Waals surface area contributed by atoms with Crippen LogP contribution in [0.1, 0.15) is 34.1 Å². The highest BCUT2D eigenvalue weighted by Gasteiger charge is 2.25. The Morgan fingerprint density at radius 1 is 1.27 bits per heavy atom. The molecule has 0 aliphatic carbocycles. The first-order valence-corrected chi connectivity index (χ1v) is 8.17. The van der Waals surface area contributed by atoms with Gasteiger partial charge in [-0.15, -0.1) is 0 Å². The average molecular weight is 306 g/mol. The van der Waals surface area contributed by atoms with Gasteiger partial charge in [0.2, 0.25) is 0 Å². The van der Waals surface area contributed by atoms with Gasteiger partial charge in [-0.2, -0.15) is 0 Å². The molecule has 2 rings (SSSR count). The average Bonchev–Trinajstić information content (AvgIpc) is 2.57. The maximum atomic E-state index is 10.4. The van der Waals surface area contributed by atoms with E-state index in [2.05, 4.69) is 48.0 Å². The monoisotopic (exact) mass is 306 g/mol. The van der Waals surface area contributed by atoms with E-state index in [9.17, 15) is 5.11 Å². The molecule has 124 valence electrons. The molecule has 1 aromatic carbocycles. The van der Waals surface area contributed by atoms with Crippen LogP contribution in [0.4, 0.5) is 11.4 Å². The summed E-state index contributed by atoms with van der Waals surface area (Å²) in [6, 6.07) is 8.83. The smallest absolute Gasteiger partial charge is 0.0948 e. The van der Waals surface area contributed by atoms with E-state index in [4.69, 9.17) is 4.74 Å². The number of ether oxygens (including phenoxy) is 1. The van der Waals surface area contributed by atoms with Gasteiger partial charge < -0.3 is 19.6 Å². The number of anilines is 2. The topological polar surface area (TPSA) is 35.9 Å². The molecule has 1 heterocycles. The highest BCUT2D eigenvalue weighted by Crippen LogP contribution is 2.33. The van der Waals surface area contributed by atoms with E-state index in [0.29, 0.717) is 19.2 Å². The highest BCUT2D eigenvalue weighted by molar-refractivity contribution is 5.72. The van der Waals surface area contributed by atoms with Gasteiger partial charge in [-0.1, -0.05) is 12.1 Å². The van der Waals surface area contributed by atoms with Crippen LogP contribution in [-0.4, -0.2) is 49.6 Å². The zero-order valence-corrected chi connectivity index (χ0v) is 14.5. The molecule has 0 aromatic heterocycles. The SMILES string of the molecule is C[C@@H]1CCN(C)c2ccccc2N1C[C@@H](O)COC(C)(C)C. The molecule has 0 saturated carbocycles. The lowest BCUT2D eigenvalue weighted by molar-refractivity contribution is -0.0466. The summed E-state index contributed by atoms with van der Waals surface area (Å²) >= 11 is 0. The van der Waals surface area contributed by atoms with Gasteiger partial charge in [0.1, 0.15) is 0 Å². The third-order valence-electron chi connectivity index (χ3n) is 4.13. The number of benzene rings is 1. The molecule has 0 radical (unpaired) electrons. The summed E-state index contributed by atoms with van der Waals surface area (Å²) in [5, 5.41) is 10.4. The van der Waals surface area contributed by atoms with E-state index < -0.39 is 6.10 Å². The summed E-state index contributed by atoms with van der Waals surface area (Å²) < 4.78 is 5.72. The minimum absolute atomic E-state index is 0.219. The van der Waals surface area contributed by atoms with Crippen molar-refractivity contribution in [2.75, 3.05) is 36.5 Å². The lowest BCUT2D eigenvalue weighted by Gasteiger charge is -2.33. The highest BCUT2D eigenvalue weighted by atomic mass is 16.5. The van der Waals surface area contributed by atoms with E-state index in [1.807, 2.05) is 20.8 Å². The van der Waals surface area contributed by atoms with E-state index in [-0.39, 0.29) is 5.60 Å². The molecule has 0 bridgehead atoms. The van der Waals surface area contributed by atoms with Gasteiger partial charge in [-0.05, 0) is 46.2 Å². The maximum absolute atomic E-state index is 10.4. The van der Waals surface area contributed by atoms with E-state index >= 15 is 0 Å². The molecule has 0 amide bonds. The first-order valence-electron chi connectivity index (χ1n) is 8.17. The number of para-hydroxylation sites is 2. The molecule has 0 spiro atoms. The molecule has 0 unspecified atom stereocenters. The summed E-state index contributed by atoms with van der Waals surface area (Å²) in [7, 11) is 2.13. The number of rotatable bonds is 4. The van der Waals surface area contributed by atoms with Crippen molar-refractivity contribution in [3.63, 3.8) is 0 Å². The first kappa shape index (κ1) is 17.1. The minimum Gasteiger partial charge on any atom is -0.389 e. The van der Waals surface area contributed by atoms with Gasteiger partial charge in [-0.3, -0.25) is 0 Å². The molecule has 0 saturated heterocycles. The fraction of sp³-hybridized carbons (Fsp3) is 0.667. The van der Waals surface area contributed by atoms with Crippen LogP contribution in [0, 0.1) is 0 Å². The summed E-state index contributed by atoms with van der Waals surface area (Å²) in [6.07, 6.45) is 0.594. The Hall–Kier alpha value is -1.26. The number of β-amino-alcohol motifs (C(OH)–C–C–N with tert-alkyl or cyclic N) is 1. The van der Waals surface area contributed by atoms with Gasteiger partial charge in [0.25, 0.3) is 0 Å². The van der Waals surface area contributed by atoms with Gasteiger partial charge in [0.05, 0.1) is 29.7 Å². The lowest BCUT2D eigenvalue weighted by Crippen LogP contribution is -2.41. The van der Waals surface area contributed by atoms with Gasteiger partial charge in [-0.25, -0.2) is 0 Å². The van der Waals surface area contributed by atoms with Crippen LogP contribution >= 0.6 is 0 Å². The Balaban J connectivity index is 2.12. The molecule has 1 aliphatic heterocycles. The predicted molar refractivity (Wildman–Crippen MR) is 92.8 cm³/mol.